The first-order valence-corrected chi connectivity index (χ1v) is 7.58. The van der Waals surface area contributed by atoms with Crippen molar-refractivity contribution in [2.24, 2.45) is 0 Å². The Morgan fingerprint density at radius 3 is 2.55 bits per heavy atom. The van der Waals surface area contributed by atoms with Gasteiger partial charge in [0.05, 0.1) is 12.5 Å². The summed E-state index contributed by atoms with van der Waals surface area (Å²) in [5.41, 5.74) is 2.07. The van der Waals surface area contributed by atoms with Crippen molar-refractivity contribution in [1.82, 2.24) is 5.32 Å². The molecule has 0 aliphatic carbocycles. The molecule has 2 aromatic rings. The third-order valence-electron chi connectivity index (χ3n) is 3.28. The number of thiophene rings is 1. The summed E-state index contributed by atoms with van der Waals surface area (Å²) in [6.07, 6.45) is 0.800. The van der Waals surface area contributed by atoms with Gasteiger partial charge in [-0.2, -0.15) is 0 Å². The van der Waals surface area contributed by atoms with Gasteiger partial charge in [-0.3, -0.25) is 4.79 Å². The van der Waals surface area contributed by atoms with Gasteiger partial charge in [-0.05, 0) is 35.9 Å². The average molecular weight is 289 g/mol. The zero-order valence-electron chi connectivity index (χ0n) is 11.5. The Hall–Kier alpha value is -1.65. The molecule has 1 aromatic carbocycles. The maximum atomic E-state index is 12.0. The molecular formula is C16H19NO2S. The summed E-state index contributed by atoms with van der Waals surface area (Å²) in [5, 5.41) is 13.9. The van der Waals surface area contributed by atoms with Crippen molar-refractivity contribution in [3.05, 3.63) is 57.8 Å². The maximum Gasteiger partial charge on any atom is 0.228 e. The molecule has 3 nitrogen and oxygen atoms in total. The van der Waals surface area contributed by atoms with Crippen LogP contribution in [0.5, 0.6) is 0 Å². The van der Waals surface area contributed by atoms with Gasteiger partial charge in [0.2, 0.25) is 5.91 Å². The summed E-state index contributed by atoms with van der Waals surface area (Å²) in [7, 11) is 0. The Kier molecular flexibility index (Phi) is 5.32. The molecule has 0 fully saturated rings. The van der Waals surface area contributed by atoms with Crippen LogP contribution in [-0.2, 0) is 17.8 Å². The first-order valence-electron chi connectivity index (χ1n) is 6.70. The highest BCUT2D eigenvalue weighted by Crippen LogP contribution is 2.20. The van der Waals surface area contributed by atoms with E-state index in [4.69, 9.17) is 5.11 Å². The van der Waals surface area contributed by atoms with E-state index >= 15 is 0 Å². The predicted octanol–water partition coefficient (Wildman–Crippen LogP) is 2.70. The first-order chi connectivity index (χ1) is 9.70. The second kappa shape index (κ2) is 7.22. The number of carbonyl (C=O) groups excluding carboxylic acids is 1. The lowest BCUT2D eigenvalue weighted by Crippen LogP contribution is -2.29. The zero-order valence-corrected chi connectivity index (χ0v) is 12.3. The largest absolute Gasteiger partial charge is 0.392 e. The molecule has 1 heterocycles. The highest BCUT2D eigenvalue weighted by atomic mass is 32.1. The Morgan fingerprint density at radius 1 is 1.25 bits per heavy atom. The summed E-state index contributed by atoms with van der Waals surface area (Å²) in [4.78, 5) is 13.1. The molecule has 1 aromatic heterocycles. The van der Waals surface area contributed by atoms with Crippen molar-refractivity contribution < 1.29 is 9.90 Å². The Balaban J connectivity index is 1.78. The van der Waals surface area contributed by atoms with Crippen LogP contribution in [0.3, 0.4) is 0 Å². The lowest BCUT2D eigenvalue weighted by molar-refractivity contribution is -0.122. The second-order valence-electron chi connectivity index (χ2n) is 4.75. The number of benzene rings is 1. The molecule has 0 spiro atoms. The van der Waals surface area contributed by atoms with Crippen molar-refractivity contribution in [2.45, 2.75) is 25.9 Å². The SMILES string of the molecule is CC(C(=O)NCCc1ccc(CO)cc1)c1cccs1. The van der Waals surface area contributed by atoms with E-state index in [1.54, 1.807) is 11.3 Å². The van der Waals surface area contributed by atoms with Gasteiger partial charge >= 0.3 is 0 Å². The molecule has 1 unspecified atom stereocenters. The summed E-state index contributed by atoms with van der Waals surface area (Å²) in [6, 6.07) is 11.7. The van der Waals surface area contributed by atoms with Gasteiger partial charge in [-0.1, -0.05) is 30.3 Å². The van der Waals surface area contributed by atoms with E-state index in [9.17, 15) is 4.79 Å². The zero-order chi connectivity index (χ0) is 14.4. The molecular weight excluding hydrogens is 270 g/mol. The smallest absolute Gasteiger partial charge is 0.228 e. The number of rotatable bonds is 6. The van der Waals surface area contributed by atoms with Crippen LogP contribution in [-0.4, -0.2) is 17.6 Å². The van der Waals surface area contributed by atoms with E-state index in [1.807, 2.05) is 48.7 Å². The topological polar surface area (TPSA) is 49.3 Å². The molecule has 1 atom stereocenters. The Morgan fingerprint density at radius 2 is 1.95 bits per heavy atom. The lowest BCUT2D eigenvalue weighted by Gasteiger charge is -2.10. The fourth-order valence-corrected chi connectivity index (χ4v) is 2.74. The fraction of sp³-hybridized carbons (Fsp3) is 0.312. The quantitative estimate of drug-likeness (QED) is 0.859. The molecule has 1 amide bonds. The van der Waals surface area contributed by atoms with Crippen LogP contribution in [0, 0.1) is 0 Å². The fourth-order valence-electron chi connectivity index (χ4n) is 1.96. The highest BCUT2D eigenvalue weighted by Gasteiger charge is 2.15. The molecule has 0 aliphatic heterocycles. The van der Waals surface area contributed by atoms with Gasteiger partial charge < -0.3 is 10.4 Å². The summed E-state index contributed by atoms with van der Waals surface area (Å²) in [5.74, 6) is -0.0220. The standard InChI is InChI=1S/C16H19NO2S/c1-12(15-3-2-10-20-15)16(19)17-9-8-13-4-6-14(11-18)7-5-13/h2-7,10,12,18H,8-9,11H2,1H3,(H,17,19). The number of amides is 1. The number of nitrogens with one attached hydrogen (secondary N) is 1. The minimum absolute atomic E-state index is 0.0648. The molecule has 20 heavy (non-hydrogen) atoms. The normalized spacial score (nSPS) is 12.1. The van der Waals surface area contributed by atoms with Gasteiger partial charge in [0.1, 0.15) is 0 Å². The summed E-state index contributed by atoms with van der Waals surface area (Å²) < 4.78 is 0. The Labute approximate surface area is 123 Å². The molecule has 0 radical (unpaired) electrons. The molecule has 0 aliphatic rings. The minimum Gasteiger partial charge on any atom is -0.392 e. The van der Waals surface area contributed by atoms with Crippen LogP contribution < -0.4 is 5.32 Å². The summed E-state index contributed by atoms with van der Waals surface area (Å²) >= 11 is 1.61. The van der Waals surface area contributed by atoms with Crippen LogP contribution in [0.15, 0.2) is 41.8 Å². The van der Waals surface area contributed by atoms with Gasteiger partial charge in [0.15, 0.2) is 0 Å². The maximum absolute atomic E-state index is 12.0. The van der Waals surface area contributed by atoms with E-state index in [1.165, 1.54) is 0 Å². The van der Waals surface area contributed by atoms with Crippen molar-refractivity contribution in [1.29, 1.82) is 0 Å². The molecule has 4 heteroatoms. The van der Waals surface area contributed by atoms with E-state index in [0.717, 1.165) is 22.4 Å². The van der Waals surface area contributed by atoms with E-state index in [2.05, 4.69) is 5.32 Å². The highest BCUT2D eigenvalue weighted by molar-refractivity contribution is 7.10. The van der Waals surface area contributed by atoms with Crippen LogP contribution in [0.25, 0.3) is 0 Å². The molecule has 0 saturated heterocycles. The average Bonchev–Trinajstić information content (AvgIpc) is 3.01. The van der Waals surface area contributed by atoms with Crippen LogP contribution in [0.4, 0.5) is 0 Å². The number of aliphatic hydroxyl groups excluding tert-OH is 1. The van der Waals surface area contributed by atoms with E-state index < -0.39 is 0 Å². The van der Waals surface area contributed by atoms with Crippen LogP contribution in [0.2, 0.25) is 0 Å². The Bertz CT molecular complexity index is 534. The van der Waals surface area contributed by atoms with Gasteiger partial charge in [-0.25, -0.2) is 0 Å². The monoisotopic (exact) mass is 289 g/mol. The molecule has 106 valence electrons. The number of aliphatic hydroxyl groups is 1. The van der Waals surface area contributed by atoms with Crippen LogP contribution in [0.1, 0.15) is 28.8 Å². The number of hydrogen-bond acceptors (Lipinski definition) is 3. The van der Waals surface area contributed by atoms with E-state index in [-0.39, 0.29) is 18.4 Å². The van der Waals surface area contributed by atoms with Crippen molar-refractivity contribution in [2.75, 3.05) is 6.54 Å². The van der Waals surface area contributed by atoms with Crippen molar-refractivity contribution in [3.63, 3.8) is 0 Å². The third-order valence-corrected chi connectivity index (χ3v) is 4.34. The van der Waals surface area contributed by atoms with E-state index in [0.29, 0.717) is 6.54 Å². The minimum atomic E-state index is -0.0910. The summed E-state index contributed by atoms with van der Waals surface area (Å²) in [6.45, 7) is 2.62. The first kappa shape index (κ1) is 14.8. The third kappa shape index (κ3) is 3.92. The number of hydrogen-bond donors (Lipinski definition) is 2. The van der Waals surface area contributed by atoms with Gasteiger partial charge in [-0.15, -0.1) is 11.3 Å². The molecule has 2 rings (SSSR count). The number of carbonyl (C=O) groups is 1. The molecule has 2 N–H and O–H groups in total. The predicted molar refractivity (Wildman–Crippen MR) is 81.8 cm³/mol. The molecule has 0 bridgehead atoms. The van der Waals surface area contributed by atoms with Crippen molar-refractivity contribution >= 4 is 17.2 Å². The van der Waals surface area contributed by atoms with Crippen molar-refractivity contribution in [3.8, 4) is 0 Å². The second-order valence-corrected chi connectivity index (χ2v) is 5.73. The van der Waals surface area contributed by atoms with Crippen LogP contribution >= 0.6 is 11.3 Å². The van der Waals surface area contributed by atoms with Gasteiger partial charge in [0, 0.05) is 11.4 Å². The van der Waals surface area contributed by atoms with Gasteiger partial charge in [0.25, 0.3) is 0 Å². The lowest BCUT2D eigenvalue weighted by atomic mass is 10.1. The molecule has 0 saturated carbocycles.